The Morgan fingerprint density at radius 2 is 2.07 bits per heavy atom. The highest BCUT2D eigenvalue weighted by Gasteiger charge is 2.05. The van der Waals surface area contributed by atoms with Gasteiger partial charge in [-0.2, -0.15) is 0 Å². The van der Waals surface area contributed by atoms with Gasteiger partial charge in [-0.1, -0.05) is 0 Å². The average Bonchev–Trinajstić information content (AvgIpc) is 2.17. The van der Waals surface area contributed by atoms with Gasteiger partial charge in [-0.15, -0.1) is 0 Å². The van der Waals surface area contributed by atoms with Crippen LogP contribution in [0.15, 0.2) is 18.2 Å². The summed E-state index contributed by atoms with van der Waals surface area (Å²) in [6, 6.07) is 4.17. The minimum Gasteiger partial charge on any atom is -0.490 e. The van der Waals surface area contributed by atoms with Gasteiger partial charge >= 0.3 is 0 Å². The van der Waals surface area contributed by atoms with Crippen LogP contribution in [0.3, 0.4) is 0 Å². The molecule has 0 spiro atoms. The highest BCUT2D eigenvalue weighted by molar-refractivity contribution is 5.40. The SMILES string of the molecule is CCOc1cc(F)ccc1OCCN. The summed E-state index contributed by atoms with van der Waals surface area (Å²) in [7, 11) is 0. The van der Waals surface area contributed by atoms with Crippen molar-refractivity contribution >= 4 is 0 Å². The number of nitrogens with two attached hydrogens (primary N) is 1. The predicted molar refractivity (Wildman–Crippen MR) is 52.1 cm³/mol. The molecule has 1 aromatic rings. The zero-order chi connectivity index (χ0) is 10.4. The molecular weight excluding hydrogens is 185 g/mol. The molecule has 0 unspecified atom stereocenters. The predicted octanol–water partition coefficient (Wildman–Crippen LogP) is 1.56. The third-order valence-corrected chi connectivity index (χ3v) is 1.58. The highest BCUT2D eigenvalue weighted by Crippen LogP contribution is 2.27. The summed E-state index contributed by atoms with van der Waals surface area (Å²) in [5.74, 6) is 0.605. The molecule has 0 heterocycles. The van der Waals surface area contributed by atoms with E-state index >= 15 is 0 Å². The number of hydrogen-bond acceptors (Lipinski definition) is 3. The van der Waals surface area contributed by atoms with Crippen LogP contribution in [0.5, 0.6) is 11.5 Å². The number of ether oxygens (including phenoxy) is 2. The average molecular weight is 199 g/mol. The van der Waals surface area contributed by atoms with Crippen LogP contribution in [0.25, 0.3) is 0 Å². The Morgan fingerprint density at radius 1 is 1.29 bits per heavy atom. The molecule has 0 saturated heterocycles. The van der Waals surface area contributed by atoms with Crippen molar-refractivity contribution in [3.63, 3.8) is 0 Å². The van der Waals surface area contributed by atoms with Crippen LogP contribution in [0, 0.1) is 5.82 Å². The van der Waals surface area contributed by atoms with E-state index in [2.05, 4.69) is 0 Å². The first-order valence-corrected chi connectivity index (χ1v) is 4.53. The summed E-state index contributed by atoms with van der Waals surface area (Å²) in [6.45, 7) is 3.12. The molecule has 0 saturated carbocycles. The summed E-state index contributed by atoms with van der Waals surface area (Å²) >= 11 is 0. The molecule has 0 bridgehead atoms. The maximum absolute atomic E-state index is 12.8. The lowest BCUT2D eigenvalue weighted by Gasteiger charge is -2.10. The summed E-state index contributed by atoms with van der Waals surface area (Å²) in [5, 5.41) is 0. The van der Waals surface area contributed by atoms with Crippen molar-refractivity contribution in [2.24, 2.45) is 5.73 Å². The second-order valence-corrected chi connectivity index (χ2v) is 2.66. The second-order valence-electron chi connectivity index (χ2n) is 2.66. The lowest BCUT2D eigenvalue weighted by Crippen LogP contribution is -2.11. The van der Waals surface area contributed by atoms with E-state index in [9.17, 15) is 4.39 Å². The van der Waals surface area contributed by atoms with Crippen LogP contribution in [0.4, 0.5) is 4.39 Å². The van der Waals surface area contributed by atoms with E-state index in [-0.39, 0.29) is 5.82 Å². The van der Waals surface area contributed by atoms with Gasteiger partial charge in [-0.25, -0.2) is 4.39 Å². The first kappa shape index (κ1) is 10.8. The van der Waals surface area contributed by atoms with Gasteiger partial charge < -0.3 is 15.2 Å². The van der Waals surface area contributed by atoms with E-state index in [0.29, 0.717) is 31.3 Å². The molecule has 2 N–H and O–H groups in total. The maximum atomic E-state index is 12.8. The van der Waals surface area contributed by atoms with Crippen molar-refractivity contribution in [2.75, 3.05) is 19.8 Å². The molecule has 0 aliphatic rings. The zero-order valence-corrected chi connectivity index (χ0v) is 8.13. The molecule has 0 amide bonds. The Labute approximate surface area is 82.6 Å². The molecule has 3 nitrogen and oxygen atoms in total. The molecule has 0 aliphatic carbocycles. The standard InChI is InChI=1S/C10H14FNO2/c1-2-13-10-7-8(11)3-4-9(10)14-6-5-12/h3-4,7H,2,5-6,12H2,1H3. The van der Waals surface area contributed by atoms with E-state index in [1.165, 1.54) is 18.2 Å². The lowest BCUT2D eigenvalue weighted by atomic mass is 10.3. The van der Waals surface area contributed by atoms with Gasteiger partial charge in [0, 0.05) is 12.6 Å². The van der Waals surface area contributed by atoms with Gasteiger partial charge in [0.2, 0.25) is 0 Å². The zero-order valence-electron chi connectivity index (χ0n) is 8.13. The number of rotatable bonds is 5. The third kappa shape index (κ3) is 2.88. The smallest absolute Gasteiger partial charge is 0.164 e. The highest BCUT2D eigenvalue weighted by atomic mass is 19.1. The van der Waals surface area contributed by atoms with E-state index in [1.54, 1.807) is 0 Å². The fourth-order valence-electron chi connectivity index (χ4n) is 1.04. The van der Waals surface area contributed by atoms with Crippen LogP contribution in [-0.2, 0) is 0 Å². The number of halogens is 1. The molecule has 0 atom stereocenters. The third-order valence-electron chi connectivity index (χ3n) is 1.58. The largest absolute Gasteiger partial charge is 0.490 e. The van der Waals surface area contributed by atoms with E-state index in [4.69, 9.17) is 15.2 Å². The molecule has 0 fully saturated rings. The molecule has 1 aromatic carbocycles. The van der Waals surface area contributed by atoms with E-state index in [0.717, 1.165) is 0 Å². The van der Waals surface area contributed by atoms with Gasteiger partial charge in [0.1, 0.15) is 12.4 Å². The fourth-order valence-corrected chi connectivity index (χ4v) is 1.04. The quantitative estimate of drug-likeness (QED) is 0.782. The monoisotopic (exact) mass is 199 g/mol. The summed E-state index contributed by atoms with van der Waals surface area (Å²) in [4.78, 5) is 0. The van der Waals surface area contributed by atoms with Crippen LogP contribution in [0.2, 0.25) is 0 Å². The van der Waals surface area contributed by atoms with E-state index < -0.39 is 0 Å². The molecule has 14 heavy (non-hydrogen) atoms. The van der Waals surface area contributed by atoms with Crippen LogP contribution in [0.1, 0.15) is 6.92 Å². The number of hydrogen-bond donors (Lipinski definition) is 1. The molecule has 78 valence electrons. The van der Waals surface area contributed by atoms with Gasteiger partial charge in [-0.3, -0.25) is 0 Å². The van der Waals surface area contributed by atoms with Crippen molar-refractivity contribution in [2.45, 2.75) is 6.92 Å². The van der Waals surface area contributed by atoms with E-state index in [1.807, 2.05) is 6.92 Å². The van der Waals surface area contributed by atoms with Gasteiger partial charge in [0.05, 0.1) is 6.61 Å². The van der Waals surface area contributed by atoms with Crippen molar-refractivity contribution in [1.82, 2.24) is 0 Å². The fraction of sp³-hybridized carbons (Fsp3) is 0.400. The molecule has 4 heteroatoms. The second kappa shape index (κ2) is 5.44. The first-order chi connectivity index (χ1) is 6.77. The Hall–Kier alpha value is -1.29. The first-order valence-electron chi connectivity index (χ1n) is 4.53. The van der Waals surface area contributed by atoms with Crippen LogP contribution < -0.4 is 15.2 Å². The molecule has 0 aromatic heterocycles. The Morgan fingerprint density at radius 3 is 2.71 bits per heavy atom. The molecule has 0 radical (unpaired) electrons. The van der Waals surface area contributed by atoms with Gasteiger partial charge in [0.15, 0.2) is 11.5 Å². The minimum atomic E-state index is -0.339. The molecular formula is C10H14FNO2. The summed E-state index contributed by atoms with van der Waals surface area (Å²) in [5.41, 5.74) is 5.29. The van der Waals surface area contributed by atoms with Crippen LogP contribution in [-0.4, -0.2) is 19.8 Å². The minimum absolute atomic E-state index is 0.339. The van der Waals surface area contributed by atoms with Crippen molar-refractivity contribution in [3.05, 3.63) is 24.0 Å². The molecule has 1 rings (SSSR count). The van der Waals surface area contributed by atoms with Crippen molar-refractivity contribution in [3.8, 4) is 11.5 Å². The molecule has 0 aliphatic heterocycles. The normalized spacial score (nSPS) is 9.93. The summed E-state index contributed by atoms with van der Waals surface area (Å²) < 4.78 is 23.3. The Bertz CT molecular complexity index is 291. The van der Waals surface area contributed by atoms with Crippen LogP contribution >= 0.6 is 0 Å². The lowest BCUT2D eigenvalue weighted by molar-refractivity contribution is 0.281. The van der Waals surface area contributed by atoms with Crippen molar-refractivity contribution in [1.29, 1.82) is 0 Å². The van der Waals surface area contributed by atoms with Gasteiger partial charge in [0.25, 0.3) is 0 Å². The topological polar surface area (TPSA) is 44.5 Å². The van der Waals surface area contributed by atoms with Gasteiger partial charge in [-0.05, 0) is 19.1 Å². The number of benzene rings is 1. The Balaban J connectivity index is 2.78. The Kier molecular flexibility index (Phi) is 4.19. The maximum Gasteiger partial charge on any atom is 0.164 e. The summed E-state index contributed by atoms with van der Waals surface area (Å²) in [6.07, 6.45) is 0. The van der Waals surface area contributed by atoms with Crippen molar-refractivity contribution < 1.29 is 13.9 Å².